The van der Waals surface area contributed by atoms with E-state index in [4.69, 9.17) is 11.5 Å². The van der Waals surface area contributed by atoms with Crippen molar-refractivity contribution in [2.45, 2.75) is 9.79 Å². The average Bonchev–Trinajstić information content (AvgIpc) is 3.02. The molecule has 5 aromatic carbocycles. The molecular weight excluding hydrogens is 633 g/mol. The molecule has 0 radical (unpaired) electrons. The summed E-state index contributed by atoms with van der Waals surface area (Å²) < 4.78 is 68.2. The molecule has 0 spiro atoms. The van der Waals surface area contributed by atoms with Crippen LogP contribution in [0.3, 0.4) is 0 Å². The Kier molecular flexibility index (Phi) is 9.06. The molecule has 16 heteroatoms. The van der Waals surface area contributed by atoms with Crippen molar-refractivity contribution in [1.29, 1.82) is 0 Å². The zero-order chi connectivity index (χ0) is 32.9. The predicted octanol–water partition coefficient (Wildman–Crippen LogP) is 7.66. The van der Waals surface area contributed by atoms with Crippen molar-refractivity contribution in [3.63, 3.8) is 0 Å². The van der Waals surface area contributed by atoms with Crippen LogP contribution >= 0.6 is 0 Å². The van der Waals surface area contributed by atoms with E-state index in [1.807, 2.05) is 30.3 Å². The summed E-state index contributed by atoms with van der Waals surface area (Å²) >= 11 is 0. The molecule has 5 aromatic rings. The molecule has 0 atom stereocenters. The Morgan fingerprint density at radius 3 is 1.63 bits per heavy atom. The monoisotopic (exact) mass is 658 g/mol. The van der Waals surface area contributed by atoms with Gasteiger partial charge >= 0.3 is 0 Å². The molecule has 0 fully saturated rings. The highest BCUT2D eigenvalue weighted by Crippen LogP contribution is 2.43. The summed E-state index contributed by atoms with van der Waals surface area (Å²) in [7, 11) is -9.59. The maximum Gasteiger partial charge on any atom is 0.296 e. The van der Waals surface area contributed by atoms with Crippen LogP contribution in [-0.2, 0) is 20.2 Å². The highest BCUT2D eigenvalue weighted by molar-refractivity contribution is 7.86. The molecule has 0 aliphatic carbocycles. The van der Waals surface area contributed by atoms with Crippen molar-refractivity contribution in [2.24, 2.45) is 20.5 Å². The predicted molar refractivity (Wildman–Crippen MR) is 176 cm³/mol. The second kappa shape index (κ2) is 13.1. The summed E-state index contributed by atoms with van der Waals surface area (Å²) in [4.78, 5) is -1.24. The van der Waals surface area contributed by atoms with Gasteiger partial charge in [0.1, 0.15) is 21.2 Å². The Hall–Kier alpha value is -5.68. The van der Waals surface area contributed by atoms with E-state index in [1.54, 1.807) is 54.6 Å². The van der Waals surface area contributed by atoms with Crippen LogP contribution in [0.15, 0.2) is 139 Å². The first kappa shape index (κ1) is 31.7. The zero-order valence-electron chi connectivity index (χ0n) is 23.7. The number of nitrogens with one attached hydrogen (secondary N) is 2. The molecule has 8 N–H and O–H groups in total. The van der Waals surface area contributed by atoms with Crippen molar-refractivity contribution in [2.75, 3.05) is 22.1 Å². The SMILES string of the molecule is Nc1c(/N=N/c2ccc(Nc3ccccc3)cc2)cc(S(=O)(=O)O)c(N)c1/N=N/c1ccc(Nc2ccccc2)c(S(=O)(=O)O)c1. The summed E-state index contributed by atoms with van der Waals surface area (Å²) in [5.74, 6) is 0. The molecular formula is C30H26N8O6S2. The smallest absolute Gasteiger partial charge is 0.296 e. The van der Waals surface area contributed by atoms with Crippen molar-refractivity contribution in [3.05, 3.63) is 109 Å². The average molecular weight is 659 g/mol. The maximum absolute atomic E-state index is 12.2. The van der Waals surface area contributed by atoms with E-state index in [1.165, 1.54) is 12.1 Å². The lowest BCUT2D eigenvalue weighted by Gasteiger charge is -2.12. The fraction of sp³-hybridized carbons (Fsp3) is 0. The van der Waals surface area contributed by atoms with Gasteiger partial charge in [-0.15, -0.1) is 10.2 Å². The van der Waals surface area contributed by atoms with Crippen molar-refractivity contribution in [1.82, 2.24) is 0 Å². The molecule has 0 aromatic heterocycles. The molecule has 46 heavy (non-hydrogen) atoms. The lowest BCUT2D eigenvalue weighted by molar-refractivity contribution is 0.481. The third-order valence-electron chi connectivity index (χ3n) is 6.36. The minimum absolute atomic E-state index is 0.0605. The number of azo groups is 2. The number of para-hydroxylation sites is 2. The van der Waals surface area contributed by atoms with Gasteiger partial charge < -0.3 is 22.1 Å². The quantitative estimate of drug-likeness (QED) is 0.0486. The number of nitrogen functional groups attached to an aromatic ring is 2. The second-order valence-electron chi connectivity index (χ2n) is 9.63. The van der Waals surface area contributed by atoms with E-state index >= 15 is 0 Å². The van der Waals surface area contributed by atoms with Gasteiger partial charge in [0, 0.05) is 17.1 Å². The largest absolute Gasteiger partial charge is 0.396 e. The van der Waals surface area contributed by atoms with E-state index in [9.17, 15) is 25.9 Å². The third-order valence-corrected chi connectivity index (χ3v) is 8.15. The van der Waals surface area contributed by atoms with Gasteiger partial charge in [-0.2, -0.15) is 27.1 Å². The molecule has 0 saturated heterocycles. The van der Waals surface area contributed by atoms with Gasteiger partial charge in [0.25, 0.3) is 20.2 Å². The number of anilines is 6. The molecule has 0 amide bonds. The fourth-order valence-electron chi connectivity index (χ4n) is 4.15. The third kappa shape index (κ3) is 7.69. The van der Waals surface area contributed by atoms with Crippen LogP contribution in [0.25, 0.3) is 0 Å². The standard InChI is InChI=1S/C30H26N8O6S2/c31-28-25(37-35-22-13-11-21(12-14-22)33-19-7-3-1-4-8-19)18-27(46(42,43)44)29(32)30(28)38-36-23-15-16-24(26(17-23)45(39,40)41)34-20-9-5-2-6-10-20/h1-18,33-34H,31-32H2,(H,39,40,41)(H,42,43,44)/b37-35+,38-36+. The van der Waals surface area contributed by atoms with Crippen LogP contribution in [0.4, 0.5) is 56.9 Å². The highest BCUT2D eigenvalue weighted by atomic mass is 32.2. The lowest BCUT2D eigenvalue weighted by Crippen LogP contribution is -2.05. The first-order valence-electron chi connectivity index (χ1n) is 13.3. The number of nitrogens with two attached hydrogens (primary N) is 2. The summed E-state index contributed by atoms with van der Waals surface area (Å²) in [6.07, 6.45) is 0. The van der Waals surface area contributed by atoms with Gasteiger partial charge in [0.05, 0.1) is 28.4 Å². The Balaban J connectivity index is 1.47. The van der Waals surface area contributed by atoms with Crippen LogP contribution in [0, 0.1) is 0 Å². The molecule has 0 saturated carbocycles. The number of nitrogens with zero attached hydrogens (tertiary/aromatic N) is 4. The minimum atomic E-state index is -4.87. The van der Waals surface area contributed by atoms with Crippen LogP contribution < -0.4 is 22.1 Å². The number of hydrogen-bond acceptors (Lipinski definition) is 12. The summed E-state index contributed by atoms with van der Waals surface area (Å²) in [6, 6.07) is 29.7. The highest BCUT2D eigenvalue weighted by Gasteiger charge is 2.23. The van der Waals surface area contributed by atoms with Crippen LogP contribution in [-0.4, -0.2) is 25.9 Å². The van der Waals surface area contributed by atoms with Gasteiger partial charge in [-0.05, 0) is 72.8 Å². The number of rotatable bonds is 10. The minimum Gasteiger partial charge on any atom is -0.396 e. The van der Waals surface area contributed by atoms with Crippen LogP contribution in [0.2, 0.25) is 0 Å². The summed E-state index contributed by atoms with van der Waals surface area (Å²) in [5.41, 5.74) is 13.5. The Bertz CT molecular complexity index is 2160. The van der Waals surface area contributed by atoms with Gasteiger partial charge in [-0.25, -0.2) is 0 Å². The van der Waals surface area contributed by atoms with Gasteiger partial charge in [0.2, 0.25) is 0 Å². The Labute approximate surface area is 264 Å². The molecule has 5 rings (SSSR count). The maximum atomic E-state index is 12.2. The van der Waals surface area contributed by atoms with Crippen molar-refractivity contribution in [3.8, 4) is 0 Å². The van der Waals surface area contributed by atoms with Crippen molar-refractivity contribution < 1.29 is 25.9 Å². The first-order valence-corrected chi connectivity index (χ1v) is 16.2. The lowest BCUT2D eigenvalue weighted by atomic mass is 10.2. The topological polar surface area (TPSA) is 234 Å². The molecule has 0 bridgehead atoms. The van der Waals surface area contributed by atoms with E-state index in [-0.39, 0.29) is 28.4 Å². The molecule has 0 heterocycles. The van der Waals surface area contributed by atoms with Gasteiger partial charge in [-0.3, -0.25) is 9.11 Å². The van der Waals surface area contributed by atoms with Gasteiger partial charge in [0.15, 0.2) is 0 Å². The fourth-order valence-corrected chi connectivity index (χ4v) is 5.45. The summed E-state index contributed by atoms with van der Waals surface area (Å²) in [6.45, 7) is 0. The molecule has 0 unspecified atom stereocenters. The van der Waals surface area contributed by atoms with E-state index < -0.39 is 35.7 Å². The van der Waals surface area contributed by atoms with Crippen LogP contribution in [0.5, 0.6) is 0 Å². The number of benzene rings is 5. The number of hydrogen-bond donors (Lipinski definition) is 6. The molecule has 234 valence electrons. The van der Waals surface area contributed by atoms with Crippen molar-refractivity contribution >= 4 is 77.1 Å². The molecule has 0 aliphatic heterocycles. The van der Waals surface area contributed by atoms with E-state index in [0.717, 1.165) is 23.5 Å². The molecule has 14 nitrogen and oxygen atoms in total. The Morgan fingerprint density at radius 1 is 0.522 bits per heavy atom. The van der Waals surface area contributed by atoms with Gasteiger partial charge in [-0.1, -0.05) is 36.4 Å². The second-order valence-corrected chi connectivity index (χ2v) is 12.4. The van der Waals surface area contributed by atoms with E-state index in [2.05, 4.69) is 31.1 Å². The van der Waals surface area contributed by atoms with E-state index in [0.29, 0.717) is 11.4 Å². The normalized spacial score (nSPS) is 12.0. The van der Waals surface area contributed by atoms with Crippen LogP contribution in [0.1, 0.15) is 0 Å². The zero-order valence-corrected chi connectivity index (χ0v) is 25.3. The Morgan fingerprint density at radius 2 is 1.04 bits per heavy atom. The molecule has 0 aliphatic rings. The summed E-state index contributed by atoms with van der Waals surface area (Å²) in [5, 5.41) is 22.2. The first-order chi connectivity index (χ1) is 21.9.